The van der Waals surface area contributed by atoms with Crippen LogP contribution in [0.4, 0.5) is 0 Å². The third-order valence-corrected chi connectivity index (χ3v) is 6.43. The molecule has 4 nitrogen and oxygen atoms in total. The summed E-state index contributed by atoms with van der Waals surface area (Å²) in [6.07, 6.45) is 7.44. The number of hydrogen-bond donors (Lipinski definition) is 1. The average Bonchev–Trinajstić information content (AvgIpc) is 3.26. The summed E-state index contributed by atoms with van der Waals surface area (Å²) >= 11 is 0. The van der Waals surface area contributed by atoms with Crippen LogP contribution in [0.15, 0.2) is 103 Å². The zero-order valence-corrected chi connectivity index (χ0v) is 20.8. The first-order valence-electron chi connectivity index (χ1n) is 12.0. The number of fused-ring (bicyclic) bond motifs is 1. The van der Waals surface area contributed by atoms with Crippen molar-refractivity contribution in [2.24, 2.45) is 0 Å². The van der Waals surface area contributed by atoms with E-state index >= 15 is 0 Å². The van der Waals surface area contributed by atoms with Crippen molar-refractivity contribution in [1.29, 1.82) is 0 Å². The second-order valence-corrected chi connectivity index (χ2v) is 8.92. The number of carbonyl (C=O) groups is 1. The summed E-state index contributed by atoms with van der Waals surface area (Å²) in [5, 5.41) is 10.3. The Bertz CT molecular complexity index is 1430. The first-order chi connectivity index (χ1) is 17.2. The molecule has 0 saturated heterocycles. The third-order valence-electron chi connectivity index (χ3n) is 6.43. The van der Waals surface area contributed by atoms with Crippen LogP contribution in [-0.2, 0) is 30.5 Å². The minimum absolute atomic E-state index is 0. The number of aryl methyl sites for hydroxylation is 3. The van der Waals surface area contributed by atoms with Crippen molar-refractivity contribution in [3.8, 4) is 5.69 Å². The van der Waals surface area contributed by atoms with E-state index in [9.17, 15) is 4.79 Å². The van der Waals surface area contributed by atoms with Gasteiger partial charge in [-0.15, -0.1) is 12.4 Å². The van der Waals surface area contributed by atoms with E-state index in [4.69, 9.17) is 5.11 Å². The largest absolute Gasteiger partial charge is 0.481 e. The first-order valence-corrected chi connectivity index (χ1v) is 12.0. The van der Waals surface area contributed by atoms with Gasteiger partial charge in [-0.3, -0.25) is 9.78 Å². The number of benzene rings is 3. The zero-order valence-electron chi connectivity index (χ0n) is 20.0. The molecule has 5 rings (SSSR count). The topological polar surface area (TPSA) is 55.1 Å². The summed E-state index contributed by atoms with van der Waals surface area (Å²) in [4.78, 5) is 15.5. The highest BCUT2D eigenvalue weighted by Crippen LogP contribution is 2.28. The number of nitrogens with zero attached hydrogens (tertiary/aromatic N) is 2. The molecule has 0 bridgehead atoms. The van der Waals surface area contributed by atoms with Gasteiger partial charge in [-0.05, 0) is 77.9 Å². The van der Waals surface area contributed by atoms with E-state index in [1.807, 2.05) is 30.5 Å². The van der Waals surface area contributed by atoms with Crippen molar-refractivity contribution in [1.82, 2.24) is 9.55 Å². The molecule has 0 radical (unpaired) electrons. The Morgan fingerprint density at radius 2 is 1.53 bits per heavy atom. The monoisotopic (exact) mass is 496 g/mol. The summed E-state index contributed by atoms with van der Waals surface area (Å²) in [6.45, 7) is 0. The second kappa shape index (κ2) is 11.7. The van der Waals surface area contributed by atoms with E-state index < -0.39 is 5.97 Å². The second-order valence-electron chi connectivity index (χ2n) is 8.92. The summed E-state index contributed by atoms with van der Waals surface area (Å²) in [7, 11) is 0. The predicted octanol–water partition coefficient (Wildman–Crippen LogP) is 6.84. The Hall–Kier alpha value is -3.89. The number of carboxylic acid groups (broad SMARTS) is 1. The number of hydrogen-bond acceptors (Lipinski definition) is 2. The highest BCUT2D eigenvalue weighted by atomic mass is 35.5. The number of carboxylic acids is 1. The van der Waals surface area contributed by atoms with Crippen molar-refractivity contribution in [2.75, 3.05) is 0 Å². The van der Waals surface area contributed by atoms with Crippen LogP contribution < -0.4 is 0 Å². The molecule has 182 valence electrons. The van der Waals surface area contributed by atoms with Crippen LogP contribution in [0.3, 0.4) is 0 Å². The van der Waals surface area contributed by atoms with Crippen LogP contribution in [0.2, 0.25) is 0 Å². The van der Waals surface area contributed by atoms with E-state index in [1.165, 1.54) is 22.1 Å². The molecule has 0 saturated carbocycles. The first kappa shape index (κ1) is 25.2. The Kier molecular flexibility index (Phi) is 8.19. The lowest BCUT2D eigenvalue weighted by Crippen LogP contribution is -1.97. The van der Waals surface area contributed by atoms with Gasteiger partial charge in [0, 0.05) is 42.0 Å². The maximum atomic E-state index is 11.1. The lowest BCUT2D eigenvalue weighted by Gasteiger charge is -2.08. The number of aromatic nitrogens is 2. The van der Waals surface area contributed by atoms with Crippen molar-refractivity contribution in [3.05, 3.63) is 131 Å². The maximum Gasteiger partial charge on any atom is 0.303 e. The molecular weight excluding hydrogens is 468 g/mol. The van der Waals surface area contributed by atoms with Crippen molar-refractivity contribution >= 4 is 29.3 Å². The van der Waals surface area contributed by atoms with E-state index in [0.29, 0.717) is 6.42 Å². The van der Waals surface area contributed by atoms with Crippen molar-refractivity contribution < 1.29 is 9.90 Å². The number of rotatable bonds is 9. The van der Waals surface area contributed by atoms with Crippen molar-refractivity contribution in [2.45, 2.75) is 32.1 Å². The molecule has 0 aliphatic carbocycles. The summed E-state index contributed by atoms with van der Waals surface area (Å²) in [5.41, 5.74) is 8.19. The molecule has 36 heavy (non-hydrogen) atoms. The van der Waals surface area contributed by atoms with Gasteiger partial charge in [-0.25, -0.2) is 0 Å². The fourth-order valence-electron chi connectivity index (χ4n) is 4.57. The summed E-state index contributed by atoms with van der Waals surface area (Å²) < 4.78 is 2.25. The van der Waals surface area contributed by atoms with Crippen LogP contribution in [0.25, 0.3) is 16.6 Å². The van der Waals surface area contributed by atoms with Crippen LogP contribution in [0.5, 0.6) is 0 Å². The van der Waals surface area contributed by atoms with Gasteiger partial charge in [-0.1, -0.05) is 54.6 Å². The van der Waals surface area contributed by atoms with Crippen LogP contribution in [-0.4, -0.2) is 20.6 Å². The normalized spacial score (nSPS) is 10.8. The van der Waals surface area contributed by atoms with Gasteiger partial charge in [0.15, 0.2) is 0 Å². The van der Waals surface area contributed by atoms with E-state index in [-0.39, 0.29) is 18.8 Å². The molecule has 1 N–H and O–H groups in total. The smallest absolute Gasteiger partial charge is 0.303 e. The molecule has 5 aromatic rings. The molecule has 2 aromatic heterocycles. The Morgan fingerprint density at radius 1 is 0.778 bits per heavy atom. The van der Waals surface area contributed by atoms with Crippen LogP contribution in [0.1, 0.15) is 34.4 Å². The Morgan fingerprint density at radius 3 is 2.25 bits per heavy atom. The van der Waals surface area contributed by atoms with Gasteiger partial charge < -0.3 is 9.67 Å². The highest BCUT2D eigenvalue weighted by molar-refractivity contribution is 5.86. The van der Waals surface area contributed by atoms with Crippen LogP contribution >= 0.6 is 12.4 Å². The number of aliphatic carboxylic acids is 1. The van der Waals surface area contributed by atoms with E-state index in [1.54, 1.807) is 0 Å². The van der Waals surface area contributed by atoms with Gasteiger partial charge in [0.25, 0.3) is 0 Å². The van der Waals surface area contributed by atoms with Crippen LogP contribution in [0, 0.1) is 0 Å². The molecule has 2 heterocycles. The molecule has 0 atom stereocenters. The quantitative estimate of drug-likeness (QED) is 0.243. The minimum Gasteiger partial charge on any atom is -0.481 e. The average molecular weight is 497 g/mol. The molecule has 5 heteroatoms. The number of pyridine rings is 1. The lowest BCUT2D eigenvalue weighted by molar-refractivity contribution is -0.136. The van der Waals surface area contributed by atoms with E-state index in [0.717, 1.165) is 41.7 Å². The standard InChI is InChI=1S/C31H28N2O2.ClH/c34-31(35)18-13-25-12-17-30-29(21-25)26(14-9-23-6-2-1-3-7-23)22-33(30)28-15-10-24(11-16-28)20-27-8-4-5-19-32-27;/h1-8,10-12,15-17,19,21-22H,9,13-14,18,20H2,(H,34,35);1H. The summed E-state index contributed by atoms with van der Waals surface area (Å²) in [6, 6.07) is 31.5. The summed E-state index contributed by atoms with van der Waals surface area (Å²) in [5.74, 6) is -0.766. The minimum atomic E-state index is -0.766. The molecule has 0 aliphatic rings. The molecule has 0 spiro atoms. The third kappa shape index (κ3) is 6.02. The fourth-order valence-corrected chi connectivity index (χ4v) is 4.57. The molecule has 0 aliphatic heterocycles. The fraction of sp³-hybridized carbons (Fsp3) is 0.161. The molecule has 0 unspecified atom stereocenters. The molecule has 0 fully saturated rings. The SMILES string of the molecule is Cl.O=C(O)CCc1ccc2c(c1)c(CCc1ccccc1)cn2-c1ccc(Cc2ccccn2)cc1. The van der Waals surface area contributed by atoms with Gasteiger partial charge in [0.1, 0.15) is 0 Å². The van der Waals surface area contributed by atoms with Crippen molar-refractivity contribution in [3.63, 3.8) is 0 Å². The van der Waals surface area contributed by atoms with Gasteiger partial charge >= 0.3 is 5.97 Å². The van der Waals surface area contributed by atoms with Gasteiger partial charge in [-0.2, -0.15) is 0 Å². The number of halogens is 1. The lowest BCUT2D eigenvalue weighted by atomic mass is 10.0. The van der Waals surface area contributed by atoms with Gasteiger partial charge in [0.2, 0.25) is 0 Å². The highest BCUT2D eigenvalue weighted by Gasteiger charge is 2.12. The maximum absolute atomic E-state index is 11.1. The Balaban J connectivity index is 0.00000304. The predicted molar refractivity (Wildman–Crippen MR) is 147 cm³/mol. The molecule has 3 aromatic carbocycles. The molecular formula is C31H29ClN2O2. The zero-order chi connectivity index (χ0) is 24.0. The Labute approximate surface area is 217 Å². The van der Waals surface area contributed by atoms with Gasteiger partial charge in [0.05, 0.1) is 5.52 Å². The molecule has 0 amide bonds. The van der Waals surface area contributed by atoms with E-state index in [2.05, 4.69) is 82.5 Å².